The molecule has 0 aliphatic rings. The van der Waals surface area contributed by atoms with Crippen molar-refractivity contribution >= 4 is 0 Å². The quantitative estimate of drug-likeness (QED) is 0.520. The molecule has 0 atom stereocenters. The van der Waals surface area contributed by atoms with Gasteiger partial charge in [0.25, 0.3) is 0 Å². The van der Waals surface area contributed by atoms with Crippen LogP contribution in [-0.2, 0) is 6.42 Å². The first-order valence-corrected chi connectivity index (χ1v) is 2.43. The van der Waals surface area contributed by atoms with Crippen LogP contribution in [0.25, 0.3) is 0 Å². The molecule has 0 radical (unpaired) electrons. The SMILES string of the molecule is N#CCc1ccnnn1. The molecule has 4 nitrogen and oxygen atoms in total. The summed E-state index contributed by atoms with van der Waals surface area (Å²) in [5.41, 5.74) is 0.660. The van der Waals surface area contributed by atoms with E-state index in [-0.39, 0.29) is 0 Å². The Bertz CT molecular complexity index is 212. The third-order valence-corrected chi connectivity index (χ3v) is 0.819. The van der Waals surface area contributed by atoms with Crippen molar-refractivity contribution in [3.63, 3.8) is 0 Å². The summed E-state index contributed by atoms with van der Waals surface area (Å²) >= 11 is 0. The van der Waals surface area contributed by atoms with Gasteiger partial charge in [-0.15, -0.1) is 10.2 Å². The van der Waals surface area contributed by atoms with Crippen molar-refractivity contribution in [1.29, 1.82) is 5.26 Å². The van der Waals surface area contributed by atoms with Crippen LogP contribution in [0, 0.1) is 11.3 Å². The molecule has 0 aliphatic heterocycles. The second-order valence-electron chi connectivity index (χ2n) is 1.45. The summed E-state index contributed by atoms with van der Waals surface area (Å²) in [7, 11) is 0. The van der Waals surface area contributed by atoms with E-state index in [1.165, 1.54) is 6.20 Å². The van der Waals surface area contributed by atoms with E-state index in [9.17, 15) is 0 Å². The second-order valence-corrected chi connectivity index (χ2v) is 1.45. The Labute approximate surface area is 52.1 Å². The van der Waals surface area contributed by atoms with E-state index >= 15 is 0 Å². The van der Waals surface area contributed by atoms with Gasteiger partial charge in [0.05, 0.1) is 24.4 Å². The number of aromatic nitrogens is 3. The minimum atomic E-state index is 0.301. The van der Waals surface area contributed by atoms with Crippen molar-refractivity contribution in [2.75, 3.05) is 0 Å². The van der Waals surface area contributed by atoms with Crippen LogP contribution in [0.3, 0.4) is 0 Å². The molecule has 9 heavy (non-hydrogen) atoms. The van der Waals surface area contributed by atoms with Crippen LogP contribution < -0.4 is 0 Å². The number of nitrogens with zero attached hydrogens (tertiary/aromatic N) is 4. The lowest BCUT2D eigenvalue weighted by atomic mass is 10.3. The smallest absolute Gasteiger partial charge is 0.0805 e. The van der Waals surface area contributed by atoms with Gasteiger partial charge in [0, 0.05) is 0 Å². The third-order valence-electron chi connectivity index (χ3n) is 0.819. The molecule has 0 fully saturated rings. The normalized spacial score (nSPS) is 8.33. The average Bonchev–Trinajstić information content (AvgIpc) is 1.91. The van der Waals surface area contributed by atoms with Crippen molar-refractivity contribution in [3.05, 3.63) is 18.0 Å². The lowest BCUT2D eigenvalue weighted by molar-refractivity contribution is 0.826. The number of hydrogen-bond donors (Lipinski definition) is 0. The van der Waals surface area contributed by atoms with Crippen LogP contribution >= 0.6 is 0 Å². The number of hydrogen-bond acceptors (Lipinski definition) is 4. The highest BCUT2D eigenvalue weighted by Gasteiger charge is 1.88. The third kappa shape index (κ3) is 1.46. The number of rotatable bonds is 1. The van der Waals surface area contributed by atoms with Crippen molar-refractivity contribution in [2.45, 2.75) is 6.42 Å². The van der Waals surface area contributed by atoms with Gasteiger partial charge in [-0.05, 0) is 11.3 Å². The van der Waals surface area contributed by atoms with Crippen molar-refractivity contribution in [3.8, 4) is 6.07 Å². The Kier molecular flexibility index (Phi) is 1.70. The molecule has 0 aromatic carbocycles. The summed E-state index contributed by atoms with van der Waals surface area (Å²) in [6, 6.07) is 3.62. The van der Waals surface area contributed by atoms with E-state index in [0.29, 0.717) is 12.1 Å². The molecule has 0 aliphatic carbocycles. The molecule has 0 saturated carbocycles. The standard InChI is InChI=1S/C5H4N4/c6-3-1-5-2-4-7-9-8-5/h2,4H,1H2. The Balaban J connectivity index is 2.76. The van der Waals surface area contributed by atoms with Crippen molar-refractivity contribution in [1.82, 2.24) is 15.4 Å². The number of nitriles is 1. The average molecular weight is 120 g/mol. The van der Waals surface area contributed by atoms with Crippen molar-refractivity contribution in [2.24, 2.45) is 0 Å². The highest BCUT2D eigenvalue weighted by atomic mass is 15.3. The maximum Gasteiger partial charge on any atom is 0.0805 e. The zero-order valence-corrected chi connectivity index (χ0v) is 4.65. The predicted molar refractivity (Wildman–Crippen MR) is 29.1 cm³/mol. The van der Waals surface area contributed by atoms with E-state index < -0.39 is 0 Å². The summed E-state index contributed by atoms with van der Waals surface area (Å²) in [5.74, 6) is 0. The summed E-state index contributed by atoms with van der Waals surface area (Å²) in [6.45, 7) is 0. The first-order chi connectivity index (χ1) is 4.43. The Morgan fingerprint density at radius 3 is 3.11 bits per heavy atom. The minimum Gasteiger partial charge on any atom is -0.198 e. The molecular weight excluding hydrogens is 116 g/mol. The summed E-state index contributed by atoms with van der Waals surface area (Å²) in [6.07, 6.45) is 1.81. The summed E-state index contributed by atoms with van der Waals surface area (Å²) in [4.78, 5) is 0. The first kappa shape index (κ1) is 5.63. The van der Waals surface area contributed by atoms with Gasteiger partial charge >= 0.3 is 0 Å². The fraction of sp³-hybridized carbons (Fsp3) is 0.200. The van der Waals surface area contributed by atoms with Gasteiger partial charge in [-0.25, -0.2) is 0 Å². The van der Waals surface area contributed by atoms with Crippen LogP contribution in [0.2, 0.25) is 0 Å². The molecule has 0 bridgehead atoms. The minimum absolute atomic E-state index is 0.301. The fourth-order valence-electron chi connectivity index (χ4n) is 0.441. The molecule has 0 unspecified atom stereocenters. The Morgan fingerprint density at radius 1 is 1.67 bits per heavy atom. The van der Waals surface area contributed by atoms with E-state index in [1.807, 2.05) is 6.07 Å². The highest BCUT2D eigenvalue weighted by molar-refractivity contribution is 5.01. The first-order valence-electron chi connectivity index (χ1n) is 2.43. The maximum atomic E-state index is 8.18. The van der Waals surface area contributed by atoms with Crippen LogP contribution in [0.15, 0.2) is 12.3 Å². The van der Waals surface area contributed by atoms with Crippen LogP contribution in [0.5, 0.6) is 0 Å². The van der Waals surface area contributed by atoms with Gasteiger partial charge in [-0.1, -0.05) is 0 Å². The lowest BCUT2D eigenvalue weighted by Crippen LogP contribution is -1.91. The van der Waals surface area contributed by atoms with E-state index in [1.54, 1.807) is 6.07 Å². The maximum absolute atomic E-state index is 8.18. The van der Waals surface area contributed by atoms with Gasteiger partial charge in [-0.3, -0.25) is 0 Å². The molecule has 1 aromatic rings. The Morgan fingerprint density at radius 2 is 2.56 bits per heavy atom. The Hall–Kier alpha value is -1.50. The molecule has 4 heteroatoms. The molecule has 44 valence electrons. The van der Waals surface area contributed by atoms with Gasteiger partial charge in [0.2, 0.25) is 0 Å². The van der Waals surface area contributed by atoms with Gasteiger partial charge in [0.1, 0.15) is 0 Å². The largest absolute Gasteiger partial charge is 0.198 e. The molecule has 0 N–H and O–H groups in total. The summed E-state index contributed by atoms with van der Waals surface area (Å²) in [5, 5.41) is 18.6. The molecule has 0 spiro atoms. The summed E-state index contributed by atoms with van der Waals surface area (Å²) < 4.78 is 0. The fourth-order valence-corrected chi connectivity index (χ4v) is 0.441. The van der Waals surface area contributed by atoms with Gasteiger partial charge < -0.3 is 0 Å². The molecule has 1 rings (SSSR count). The molecular formula is C5H4N4. The van der Waals surface area contributed by atoms with E-state index in [0.717, 1.165) is 0 Å². The monoisotopic (exact) mass is 120 g/mol. The van der Waals surface area contributed by atoms with Gasteiger partial charge in [-0.2, -0.15) is 5.26 Å². The predicted octanol–water partition coefficient (Wildman–Crippen LogP) is -0.0623. The molecule has 0 amide bonds. The van der Waals surface area contributed by atoms with Crippen LogP contribution in [0.4, 0.5) is 0 Å². The topological polar surface area (TPSA) is 62.5 Å². The van der Waals surface area contributed by atoms with Crippen LogP contribution in [0.1, 0.15) is 5.69 Å². The van der Waals surface area contributed by atoms with Crippen molar-refractivity contribution < 1.29 is 0 Å². The molecule has 1 heterocycles. The zero-order chi connectivity index (χ0) is 6.53. The zero-order valence-electron chi connectivity index (χ0n) is 4.65. The highest BCUT2D eigenvalue weighted by Crippen LogP contribution is 1.87. The van der Waals surface area contributed by atoms with Crippen LogP contribution in [-0.4, -0.2) is 15.4 Å². The van der Waals surface area contributed by atoms with E-state index in [4.69, 9.17) is 5.26 Å². The molecule has 0 saturated heterocycles. The molecule has 1 aromatic heterocycles. The lowest BCUT2D eigenvalue weighted by Gasteiger charge is -1.84. The van der Waals surface area contributed by atoms with E-state index in [2.05, 4.69) is 15.4 Å². The van der Waals surface area contributed by atoms with Gasteiger partial charge in [0.15, 0.2) is 0 Å². The second kappa shape index (κ2) is 2.72.